The van der Waals surface area contributed by atoms with E-state index in [-0.39, 0.29) is 0 Å². The van der Waals surface area contributed by atoms with Gasteiger partial charge in [-0.1, -0.05) is 11.3 Å². The van der Waals surface area contributed by atoms with Crippen molar-refractivity contribution >= 4 is 27.4 Å². The van der Waals surface area contributed by atoms with Crippen LogP contribution in [0.3, 0.4) is 0 Å². The van der Waals surface area contributed by atoms with Crippen LogP contribution in [0.5, 0.6) is 0 Å². The first-order valence-corrected chi connectivity index (χ1v) is 5.57. The summed E-state index contributed by atoms with van der Waals surface area (Å²) in [5, 5.41) is 1.59. The zero-order valence-corrected chi connectivity index (χ0v) is 9.11. The molecule has 0 aliphatic rings. The Kier molecular flexibility index (Phi) is 2.04. The van der Waals surface area contributed by atoms with Crippen molar-refractivity contribution in [2.75, 3.05) is 5.73 Å². The van der Waals surface area contributed by atoms with Crippen LogP contribution < -0.4 is 5.73 Å². The molecule has 0 saturated carbocycles. The van der Waals surface area contributed by atoms with Crippen molar-refractivity contribution in [3.05, 3.63) is 36.8 Å². The third-order valence-electron chi connectivity index (χ3n) is 2.27. The lowest BCUT2D eigenvalue weighted by atomic mass is 10.2. The second-order valence-electron chi connectivity index (χ2n) is 3.33. The van der Waals surface area contributed by atoms with Gasteiger partial charge in [-0.2, -0.15) is 0 Å². The summed E-state index contributed by atoms with van der Waals surface area (Å²) in [6.45, 7) is 0. The van der Waals surface area contributed by atoms with E-state index in [0.717, 1.165) is 21.5 Å². The lowest BCUT2D eigenvalue weighted by Crippen LogP contribution is -1.83. The fourth-order valence-corrected chi connectivity index (χ4v) is 2.16. The predicted molar refractivity (Wildman–Crippen MR) is 65.1 cm³/mol. The van der Waals surface area contributed by atoms with Gasteiger partial charge in [0.1, 0.15) is 0 Å². The average molecular weight is 228 g/mol. The highest BCUT2D eigenvalue weighted by atomic mass is 32.1. The summed E-state index contributed by atoms with van der Waals surface area (Å²) in [5.41, 5.74) is 7.42. The molecule has 0 amide bonds. The van der Waals surface area contributed by atoms with Crippen molar-refractivity contribution < 1.29 is 0 Å². The molecule has 78 valence electrons. The lowest BCUT2D eigenvalue weighted by molar-refractivity contribution is 1.32. The maximum absolute atomic E-state index is 5.60. The number of nitrogens with two attached hydrogens (primary N) is 1. The summed E-state index contributed by atoms with van der Waals surface area (Å²) in [5.74, 6) is 0. The smallest absolute Gasteiger partial charge is 0.180 e. The number of fused-ring (bicyclic) bond motifs is 1. The molecule has 0 fully saturated rings. The number of aromatic nitrogens is 3. The van der Waals surface area contributed by atoms with E-state index in [0.29, 0.717) is 5.13 Å². The van der Waals surface area contributed by atoms with Crippen LogP contribution in [0.1, 0.15) is 0 Å². The molecular formula is C11H8N4S. The van der Waals surface area contributed by atoms with E-state index in [4.69, 9.17) is 5.73 Å². The minimum absolute atomic E-state index is 0.562. The van der Waals surface area contributed by atoms with E-state index in [2.05, 4.69) is 15.0 Å². The average Bonchev–Trinajstić information content (AvgIpc) is 2.75. The van der Waals surface area contributed by atoms with Gasteiger partial charge >= 0.3 is 0 Å². The highest BCUT2D eigenvalue weighted by Gasteiger charge is 2.04. The SMILES string of the molecule is Nc1ncc(-c2ccc3cnccc3n2)s1. The molecule has 0 saturated heterocycles. The van der Waals surface area contributed by atoms with E-state index < -0.39 is 0 Å². The standard InChI is InChI=1S/C11H8N4S/c12-11-14-6-10(16-11)9-2-1-7-5-13-4-3-8(7)15-9/h1-6H,(H2,12,14). The molecule has 0 spiro atoms. The van der Waals surface area contributed by atoms with Crippen LogP contribution in [0.2, 0.25) is 0 Å². The van der Waals surface area contributed by atoms with Crippen LogP contribution in [0, 0.1) is 0 Å². The van der Waals surface area contributed by atoms with E-state index in [9.17, 15) is 0 Å². The Morgan fingerprint density at radius 1 is 1.12 bits per heavy atom. The number of hydrogen-bond acceptors (Lipinski definition) is 5. The normalized spacial score (nSPS) is 10.8. The van der Waals surface area contributed by atoms with Crippen LogP contribution in [0.15, 0.2) is 36.8 Å². The fraction of sp³-hybridized carbons (Fsp3) is 0. The van der Waals surface area contributed by atoms with Gasteiger partial charge in [-0.3, -0.25) is 4.98 Å². The van der Waals surface area contributed by atoms with Crippen LogP contribution in [0.4, 0.5) is 5.13 Å². The summed E-state index contributed by atoms with van der Waals surface area (Å²) in [6.07, 6.45) is 5.28. The van der Waals surface area contributed by atoms with Gasteiger partial charge in [-0.25, -0.2) is 9.97 Å². The predicted octanol–water partition coefficient (Wildman–Crippen LogP) is 2.34. The van der Waals surface area contributed by atoms with Gasteiger partial charge in [0.15, 0.2) is 5.13 Å². The highest BCUT2D eigenvalue weighted by Crippen LogP contribution is 2.26. The zero-order chi connectivity index (χ0) is 11.0. The number of nitrogens with zero attached hydrogens (tertiary/aromatic N) is 3. The fourth-order valence-electron chi connectivity index (χ4n) is 1.51. The summed E-state index contributed by atoms with van der Waals surface area (Å²) in [4.78, 5) is 13.6. The first-order chi connectivity index (χ1) is 7.83. The van der Waals surface area contributed by atoms with Crippen molar-refractivity contribution in [2.24, 2.45) is 0 Å². The largest absolute Gasteiger partial charge is 0.375 e. The molecule has 5 heteroatoms. The number of hydrogen-bond donors (Lipinski definition) is 1. The van der Waals surface area contributed by atoms with Crippen molar-refractivity contribution in [2.45, 2.75) is 0 Å². The van der Waals surface area contributed by atoms with E-state index in [1.165, 1.54) is 11.3 Å². The lowest BCUT2D eigenvalue weighted by Gasteiger charge is -1.99. The van der Waals surface area contributed by atoms with Crippen molar-refractivity contribution in [1.82, 2.24) is 15.0 Å². The van der Waals surface area contributed by atoms with Crippen molar-refractivity contribution in [3.8, 4) is 10.6 Å². The van der Waals surface area contributed by atoms with E-state index >= 15 is 0 Å². The number of thiazole rings is 1. The first-order valence-electron chi connectivity index (χ1n) is 4.75. The summed E-state index contributed by atoms with van der Waals surface area (Å²) in [6, 6.07) is 5.85. The zero-order valence-electron chi connectivity index (χ0n) is 8.29. The van der Waals surface area contributed by atoms with Crippen LogP contribution in [-0.4, -0.2) is 15.0 Å². The van der Waals surface area contributed by atoms with Crippen LogP contribution >= 0.6 is 11.3 Å². The van der Waals surface area contributed by atoms with Gasteiger partial charge in [0, 0.05) is 24.0 Å². The molecule has 0 radical (unpaired) electrons. The van der Waals surface area contributed by atoms with Gasteiger partial charge in [-0.15, -0.1) is 0 Å². The number of nitrogen functional groups attached to an aromatic ring is 1. The first kappa shape index (κ1) is 9.23. The third-order valence-corrected chi connectivity index (χ3v) is 3.11. The molecule has 3 rings (SSSR count). The van der Waals surface area contributed by atoms with Gasteiger partial charge in [0.25, 0.3) is 0 Å². The number of pyridine rings is 2. The Balaban J connectivity index is 2.18. The molecule has 0 unspecified atom stereocenters. The molecule has 4 nitrogen and oxygen atoms in total. The van der Waals surface area contributed by atoms with Gasteiger partial charge in [-0.05, 0) is 18.2 Å². The number of anilines is 1. The van der Waals surface area contributed by atoms with Crippen molar-refractivity contribution in [1.29, 1.82) is 0 Å². The Hall–Kier alpha value is -2.01. The van der Waals surface area contributed by atoms with Crippen molar-refractivity contribution in [3.63, 3.8) is 0 Å². The second-order valence-corrected chi connectivity index (χ2v) is 4.39. The molecular weight excluding hydrogens is 220 g/mol. The Morgan fingerprint density at radius 2 is 2.06 bits per heavy atom. The quantitative estimate of drug-likeness (QED) is 0.694. The van der Waals surface area contributed by atoms with E-state index in [1.807, 2.05) is 18.2 Å². The molecule has 3 heterocycles. The molecule has 3 aromatic rings. The highest BCUT2D eigenvalue weighted by molar-refractivity contribution is 7.18. The summed E-state index contributed by atoms with van der Waals surface area (Å²) < 4.78 is 0. The molecule has 0 aliphatic heterocycles. The Labute approximate surface area is 95.8 Å². The van der Waals surface area contributed by atoms with Crippen LogP contribution in [-0.2, 0) is 0 Å². The van der Waals surface area contributed by atoms with E-state index in [1.54, 1.807) is 18.6 Å². The monoisotopic (exact) mass is 228 g/mol. The molecule has 16 heavy (non-hydrogen) atoms. The Bertz CT molecular complexity index is 647. The molecule has 0 aliphatic carbocycles. The minimum atomic E-state index is 0.562. The molecule has 0 bridgehead atoms. The second kappa shape index (κ2) is 3.53. The molecule has 2 N–H and O–H groups in total. The molecule has 0 atom stereocenters. The minimum Gasteiger partial charge on any atom is -0.375 e. The Morgan fingerprint density at radius 3 is 2.88 bits per heavy atom. The maximum atomic E-state index is 5.60. The molecule has 3 aromatic heterocycles. The topological polar surface area (TPSA) is 64.7 Å². The van der Waals surface area contributed by atoms with Gasteiger partial charge < -0.3 is 5.73 Å². The summed E-state index contributed by atoms with van der Waals surface area (Å²) >= 11 is 1.44. The number of rotatable bonds is 1. The van der Waals surface area contributed by atoms with Gasteiger partial charge in [0.05, 0.1) is 16.1 Å². The maximum Gasteiger partial charge on any atom is 0.180 e. The van der Waals surface area contributed by atoms with Crippen LogP contribution in [0.25, 0.3) is 21.5 Å². The third kappa shape index (κ3) is 1.51. The molecule has 0 aromatic carbocycles. The van der Waals surface area contributed by atoms with Gasteiger partial charge in [0.2, 0.25) is 0 Å². The summed E-state index contributed by atoms with van der Waals surface area (Å²) in [7, 11) is 0.